The van der Waals surface area contributed by atoms with E-state index in [4.69, 9.17) is 0 Å². The number of anilines is 2. The summed E-state index contributed by atoms with van der Waals surface area (Å²) in [7, 11) is -2.86. The maximum absolute atomic E-state index is 11.6. The van der Waals surface area contributed by atoms with Gasteiger partial charge in [-0.15, -0.1) is 0 Å². The van der Waals surface area contributed by atoms with Gasteiger partial charge in [-0.05, 0) is 42.3 Å². The van der Waals surface area contributed by atoms with Gasteiger partial charge in [0, 0.05) is 44.1 Å². The van der Waals surface area contributed by atoms with Crippen LogP contribution in [0.4, 0.5) is 11.6 Å². The third-order valence-electron chi connectivity index (χ3n) is 5.96. The molecular formula is C26H27N7O2S. The minimum absolute atomic E-state index is 0.242. The Morgan fingerprint density at radius 1 is 0.833 bits per heavy atom. The zero-order valence-corrected chi connectivity index (χ0v) is 20.8. The molecule has 1 fully saturated rings. The molecule has 5 rings (SSSR count). The quantitative estimate of drug-likeness (QED) is 0.408. The van der Waals surface area contributed by atoms with Gasteiger partial charge in [-0.25, -0.2) is 33.3 Å². The lowest BCUT2D eigenvalue weighted by Gasteiger charge is -2.26. The molecule has 0 atom stereocenters. The molecule has 0 aliphatic carbocycles. The molecule has 0 saturated carbocycles. The fourth-order valence-corrected chi connectivity index (χ4v) is 5.29. The van der Waals surface area contributed by atoms with Crippen LogP contribution in [-0.2, 0) is 22.8 Å². The zero-order valence-electron chi connectivity index (χ0n) is 20.0. The van der Waals surface area contributed by atoms with Crippen LogP contribution in [0, 0.1) is 6.92 Å². The number of sulfone groups is 1. The first-order valence-electron chi connectivity index (χ1n) is 11.8. The number of rotatable bonds is 7. The lowest BCUT2D eigenvalue weighted by Crippen LogP contribution is -2.39. The lowest BCUT2D eigenvalue weighted by molar-refractivity contribution is 0.287. The molecule has 4 heterocycles. The highest BCUT2D eigenvalue weighted by Crippen LogP contribution is 2.18. The van der Waals surface area contributed by atoms with Gasteiger partial charge in [0.25, 0.3) is 0 Å². The van der Waals surface area contributed by atoms with Crippen molar-refractivity contribution in [3.63, 3.8) is 0 Å². The van der Waals surface area contributed by atoms with Gasteiger partial charge in [0.15, 0.2) is 15.7 Å². The molecule has 0 spiro atoms. The van der Waals surface area contributed by atoms with E-state index in [0.29, 0.717) is 42.8 Å². The molecule has 3 aromatic heterocycles. The number of nitrogens with one attached hydrogen (secondary N) is 1. The van der Waals surface area contributed by atoms with E-state index in [1.54, 1.807) is 24.5 Å². The number of aromatic nitrogens is 5. The molecule has 0 amide bonds. The van der Waals surface area contributed by atoms with E-state index >= 15 is 0 Å². The van der Waals surface area contributed by atoms with Crippen LogP contribution in [0.25, 0.3) is 11.5 Å². The predicted molar refractivity (Wildman–Crippen MR) is 138 cm³/mol. The Labute approximate surface area is 210 Å². The molecule has 1 aliphatic rings. The summed E-state index contributed by atoms with van der Waals surface area (Å²) < 4.78 is 23.3. The van der Waals surface area contributed by atoms with E-state index in [-0.39, 0.29) is 11.5 Å². The molecule has 1 aliphatic heterocycles. The van der Waals surface area contributed by atoms with Crippen LogP contribution in [0.1, 0.15) is 22.6 Å². The summed E-state index contributed by atoms with van der Waals surface area (Å²) in [5, 5.41) is 3.24. The summed E-state index contributed by atoms with van der Waals surface area (Å²) in [4.78, 5) is 24.7. The average Bonchev–Trinajstić information content (AvgIpc) is 2.87. The maximum atomic E-state index is 11.6. The summed E-state index contributed by atoms with van der Waals surface area (Å²) in [5.41, 5.74) is 3.89. The van der Waals surface area contributed by atoms with E-state index in [1.807, 2.05) is 25.1 Å². The Morgan fingerprint density at radius 3 is 2.28 bits per heavy atom. The van der Waals surface area contributed by atoms with Crippen molar-refractivity contribution < 1.29 is 8.42 Å². The molecule has 1 N–H and O–H groups in total. The number of benzene rings is 1. The van der Waals surface area contributed by atoms with Gasteiger partial charge in [0.05, 0.1) is 11.5 Å². The van der Waals surface area contributed by atoms with Crippen LogP contribution < -0.4 is 5.32 Å². The zero-order chi connectivity index (χ0) is 25.0. The lowest BCUT2D eigenvalue weighted by atomic mass is 10.1. The Bertz CT molecular complexity index is 1450. The van der Waals surface area contributed by atoms with Gasteiger partial charge < -0.3 is 5.32 Å². The minimum atomic E-state index is -2.86. The normalized spacial score (nSPS) is 15.5. The average molecular weight is 502 g/mol. The SMILES string of the molecule is Cc1cccc(-c2nccc(Nc3ccnc(Cc4ccc(CN5CCS(=O)(=O)CC5)cc4)n3)n2)n1. The number of pyridine rings is 1. The third kappa shape index (κ3) is 6.27. The van der Waals surface area contributed by atoms with Crippen molar-refractivity contribution in [1.29, 1.82) is 0 Å². The number of nitrogens with zero attached hydrogens (tertiary/aromatic N) is 6. The predicted octanol–water partition coefficient (Wildman–Crippen LogP) is 3.20. The van der Waals surface area contributed by atoms with Gasteiger partial charge in [0.1, 0.15) is 23.2 Å². The van der Waals surface area contributed by atoms with E-state index in [0.717, 1.165) is 29.1 Å². The number of hydrogen-bond donors (Lipinski definition) is 1. The number of aryl methyl sites for hydroxylation is 1. The standard InChI is InChI=1S/C26H27N7O2S/c1-19-3-2-4-22(29-19)26-28-12-10-24(32-26)30-23-9-11-27-25(31-23)17-20-5-7-21(8-6-20)18-33-13-15-36(34,35)16-14-33/h2-12H,13-18H2,1H3,(H,27,28,30,31,32). The van der Waals surface area contributed by atoms with Crippen molar-refractivity contribution in [3.05, 3.63) is 89.6 Å². The van der Waals surface area contributed by atoms with Crippen LogP contribution in [0.2, 0.25) is 0 Å². The van der Waals surface area contributed by atoms with Crippen molar-refractivity contribution in [1.82, 2.24) is 29.8 Å². The molecule has 184 valence electrons. The second-order valence-electron chi connectivity index (χ2n) is 8.83. The fraction of sp³-hybridized carbons (Fsp3) is 0.269. The van der Waals surface area contributed by atoms with Crippen LogP contribution in [0.5, 0.6) is 0 Å². The highest BCUT2D eigenvalue weighted by Gasteiger charge is 2.21. The second kappa shape index (κ2) is 10.5. The van der Waals surface area contributed by atoms with Crippen molar-refractivity contribution in [2.45, 2.75) is 19.9 Å². The van der Waals surface area contributed by atoms with Crippen LogP contribution in [0.15, 0.2) is 67.0 Å². The van der Waals surface area contributed by atoms with Gasteiger partial charge in [0.2, 0.25) is 0 Å². The van der Waals surface area contributed by atoms with Crippen molar-refractivity contribution in [3.8, 4) is 11.5 Å². The van der Waals surface area contributed by atoms with E-state index in [2.05, 4.69) is 59.4 Å². The first-order valence-corrected chi connectivity index (χ1v) is 13.6. The molecule has 0 unspecified atom stereocenters. The molecule has 9 nitrogen and oxygen atoms in total. The summed E-state index contributed by atoms with van der Waals surface area (Å²) in [6.45, 7) is 3.87. The Kier molecular flexibility index (Phi) is 6.97. The molecule has 0 radical (unpaired) electrons. The van der Waals surface area contributed by atoms with Crippen molar-refractivity contribution >= 4 is 21.5 Å². The topological polar surface area (TPSA) is 114 Å². The minimum Gasteiger partial charge on any atom is -0.325 e. The molecule has 1 saturated heterocycles. The highest BCUT2D eigenvalue weighted by atomic mass is 32.2. The monoisotopic (exact) mass is 501 g/mol. The van der Waals surface area contributed by atoms with Gasteiger partial charge in [-0.2, -0.15) is 0 Å². The summed E-state index contributed by atoms with van der Waals surface area (Å²) in [6.07, 6.45) is 4.02. The molecule has 4 aromatic rings. The molecule has 0 bridgehead atoms. The number of hydrogen-bond acceptors (Lipinski definition) is 9. The van der Waals surface area contributed by atoms with Crippen molar-refractivity contribution in [2.75, 3.05) is 29.9 Å². The molecular weight excluding hydrogens is 474 g/mol. The smallest absolute Gasteiger partial charge is 0.180 e. The second-order valence-corrected chi connectivity index (χ2v) is 11.1. The van der Waals surface area contributed by atoms with Crippen molar-refractivity contribution in [2.24, 2.45) is 0 Å². The first kappa shape index (κ1) is 24.0. The van der Waals surface area contributed by atoms with E-state index in [1.165, 1.54) is 0 Å². The molecule has 1 aromatic carbocycles. The Hall–Kier alpha value is -3.76. The largest absolute Gasteiger partial charge is 0.325 e. The maximum Gasteiger partial charge on any atom is 0.180 e. The Balaban J connectivity index is 1.22. The van der Waals surface area contributed by atoms with E-state index < -0.39 is 9.84 Å². The van der Waals surface area contributed by atoms with Crippen LogP contribution in [-0.4, -0.2) is 62.8 Å². The summed E-state index contributed by atoms with van der Waals surface area (Å²) in [6, 6.07) is 17.7. The van der Waals surface area contributed by atoms with Crippen LogP contribution in [0.3, 0.4) is 0 Å². The highest BCUT2D eigenvalue weighted by molar-refractivity contribution is 7.91. The van der Waals surface area contributed by atoms with Crippen LogP contribution >= 0.6 is 0 Å². The molecule has 36 heavy (non-hydrogen) atoms. The fourth-order valence-electron chi connectivity index (χ4n) is 4.02. The Morgan fingerprint density at radius 2 is 1.53 bits per heavy atom. The molecule has 10 heteroatoms. The summed E-state index contributed by atoms with van der Waals surface area (Å²) >= 11 is 0. The third-order valence-corrected chi connectivity index (χ3v) is 7.57. The van der Waals surface area contributed by atoms with Gasteiger partial charge in [-0.1, -0.05) is 30.3 Å². The summed E-state index contributed by atoms with van der Waals surface area (Å²) in [5.74, 6) is 3.01. The van der Waals surface area contributed by atoms with Gasteiger partial charge >= 0.3 is 0 Å². The van der Waals surface area contributed by atoms with E-state index in [9.17, 15) is 8.42 Å². The first-order chi connectivity index (χ1) is 17.4. The van der Waals surface area contributed by atoms with Gasteiger partial charge in [-0.3, -0.25) is 4.90 Å².